The van der Waals surface area contributed by atoms with E-state index in [9.17, 15) is 9.59 Å². The summed E-state index contributed by atoms with van der Waals surface area (Å²) in [5.41, 5.74) is 1.60. The van der Waals surface area contributed by atoms with E-state index in [4.69, 9.17) is 16.3 Å². The molecule has 5 heteroatoms. The first-order valence-electron chi connectivity index (χ1n) is 7.20. The topological polar surface area (TPSA) is 59.2 Å². The number of ether oxygens (including phenoxy) is 1. The fourth-order valence-electron chi connectivity index (χ4n) is 2.49. The number of nitrogens with one attached hydrogen (secondary N) is 1. The van der Waals surface area contributed by atoms with Gasteiger partial charge in [0.25, 0.3) is 0 Å². The summed E-state index contributed by atoms with van der Waals surface area (Å²) in [6.45, 7) is 1.95. The summed E-state index contributed by atoms with van der Waals surface area (Å²) in [7, 11) is 0. The summed E-state index contributed by atoms with van der Waals surface area (Å²) < 4.78 is 5.06. The van der Waals surface area contributed by atoms with Crippen LogP contribution in [0.15, 0.2) is 48.5 Å². The van der Waals surface area contributed by atoms with Gasteiger partial charge >= 0.3 is 5.97 Å². The second-order valence-electron chi connectivity index (χ2n) is 4.98. The van der Waals surface area contributed by atoms with Crippen LogP contribution < -0.4 is 0 Å². The molecule has 1 heterocycles. The molecule has 116 valence electrons. The Kier molecular flexibility index (Phi) is 4.17. The highest BCUT2D eigenvalue weighted by molar-refractivity contribution is 6.32. The quantitative estimate of drug-likeness (QED) is 0.576. The first-order chi connectivity index (χ1) is 11.1. The second-order valence-corrected chi connectivity index (χ2v) is 5.42. The van der Waals surface area contributed by atoms with E-state index < -0.39 is 5.97 Å². The Hall–Kier alpha value is -2.59. The molecule has 0 radical (unpaired) electrons. The predicted octanol–water partition coefficient (Wildman–Crippen LogP) is 4.23. The van der Waals surface area contributed by atoms with E-state index in [2.05, 4.69) is 4.98 Å². The van der Waals surface area contributed by atoms with Gasteiger partial charge in [-0.15, -0.1) is 0 Å². The van der Waals surface area contributed by atoms with Gasteiger partial charge in [0.2, 0.25) is 0 Å². The van der Waals surface area contributed by atoms with Crippen LogP contribution in [0.5, 0.6) is 0 Å². The summed E-state index contributed by atoms with van der Waals surface area (Å²) >= 11 is 6.05. The number of halogens is 1. The fourth-order valence-corrected chi connectivity index (χ4v) is 2.66. The molecule has 0 saturated heterocycles. The number of esters is 1. The maximum absolute atomic E-state index is 12.9. The molecule has 3 aromatic rings. The zero-order valence-corrected chi connectivity index (χ0v) is 13.2. The van der Waals surface area contributed by atoms with Gasteiger partial charge in [-0.3, -0.25) is 4.79 Å². The zero-order chi connectivity index (χ0) is 16.4. The van der Waals surface area contributed by atoms with Crippen LogP contribution in [-0.4, -0.2) is 23.3 Å². The normalized spacial score (nSPS) is 10.7. The lowest BCUT2D eigenvalue weighted by atomic mass is 10.00. The molecule has 0 spiro atoms. The first kappa shape index (κ1) is 15.3. The van der Waals surface area contributed by atoms with Crippen molar-refractivity contribution in [3.63, 3.8) is 0 Å². The summed E-state index contributed by atoms with van der Waals surface area (Å²) in [5.74, 6) is -0.804. The van der Waals surface area contributed by atoms with Crippen LogP contribution >= 0.6 is 11.6 Å². The van der Waals surface area contributed by atoms with Gasteiger partial charge in [0.05, 0.1) is 12.2 Å². The lowest BCUT2D eigenvalue weighted by Gasteiger charge is -2.04. The summed E-state index contributed by atoms with van der Waals surface area (Å²) in [4.78, 5) is 28.1. The van der Waals surface area contributed by atoms with Crippen molar-refractivity contribution in [2.45, 2.75) is 6.92 Å². The van der Waals surface area contributed by atoms with E-state index in [0.29, 0.717) is 21.5 Å². The standard InChI is InChI=1S/C18H14ClNO3/c1-2-23-18(22)16-15(17(21)11-6-4-3-5-7-11)13-10-12(19)8-9-14(13)20-16/h3-10,20H,2H2,1H3. The van der Waals surface area contributed by atoms with Crippen LogP contribution in [0.1, 0.15) is 33.3 Å². The van der Waals surface area contributed by atoms with Gasteiger partial charge in [0, 0.05) is 21.5 Å². The number of aromatic nitrogens is 1. The fraction of sp³-hybridized carbons (Fsp3) is 0.111. The van der Waals surface area contributed by atoms with Gasteiger partial charge in [0.1, 0.15) is 5.69 Å². The molecule has 0 amide bonds. The highest BCUT2D eigenvalue weighted by Crippen LogP contribution is 2.28. The molecule has 0 aliphatic heterocycles. The molecular weight excluding hydrogens is 314 g/mol. The minimum atomic E-state index is -0.556. The molecule has 2 aromatic carbocycles. The van der Waals surface area contributed by atoms with Gasteiger partial charge < -0.3 is 9.72 Å². The van der Waals surface area contributed by atoms with Gasteiger partial charge in [-0.25, -0.2) is 4.79 Å². The third kappa shape index (κ3) is 2.85. The van der Waals surface area contributed by atoms with Crippen molar-refractivity contribution < 1.29 is 14.3 Å². The number of hydrogen-bond acceptors (Lipinski definition) is 3. The highest BCUT2D eigenvalue weighted by Gasteiger charge is 2.25. The van der Waals surface area contributed by atoms with E-state index in [1.165, 1.54) is 0 Å². The minimum Gasteiger partial charge on any atom is -0.461 e. The van der Waals surface area contributed by atoms with Crippen molar-refractivity contribution in [1.29, 1.82) is 0 Å². The van der Waals surface area contributed by atoms with Crippen LogP contribution in [0.3, 0.4) is 0 Å². The Morgan fingerprint density at radius 2 is 1.87 bits per heavy atom. The van der Waals surface area contributed by atoms with E-state index in [1.54, 1.807) is 49.4 Å². The molecule has 0 aliphatic carbocycles. The maximum Gasteiger partial charge on any atom is 0.355 e. The summed E-state index contributed by atoms with van der Waals surface area (Å²) in [6, 6.07) is 13.9. The van der Waals surface area contributed by atoms with E-state index >= 15 is 0 Å². The summed E-state index contributed by atoms with van der Waals surface area (Å²) in [5, 5.41) is 1.10. The molecular formula is C18H14ClNO3. The number of rotatable bonds is 4. The number of carbonyl (C=O) groups excluding carboxylic acids is 2. The Balaban J connectivity index is 2.23. The average Bonchev–Trinajstić information content (AvgIpc) is 2.94. The Bertz CT molecular complexity index is 884. The highest BCUT2D eigenvalue weighted by atomic mass is 35.5. The van der Waals surface area contributed by atoms with Crippen molar-refractivity contribution in [2.24, 2.45) is 0 Å². The molecule has 23 heavy (non-hydrogen) atoms. The van der Waals surface area contributed by atoms with Crippen molar-refractivity contribution >= 4 is 34.3 Å². The van der Waals surface area contributed by atoms with Crippen molar-refractivity contribution in [1.82, 2.24) is 4.98 Å². The first-order valence-corrected chi connectivity index (χ1v) is 7.57. The lowest BCUT2D eigenvalue weighted by Crippen LogP contribution is -2.12. The molecule has 4 nitrogen and oxygen atoms in total. The molecule has 0 fully saturated rings. The molecule has 0 saturated carbocycles. The molecule has 0 atom stereocenters. The van der Waals surface area contributed by atoms with Crippen LogP contribution in [-0.2, 0) is 4.74 Å². The van der Waals surface area contributed by atoms with Crippen molar-refractivity contribution in [2.75, 3.05) is 6.61 Å². The smallest absolute Gasteiger partial charge is 0.355 e. The van der Waals surface area contributed by atoms with Crippen LogP contribution in [0.4, 0.5) is 0 Å². The molecule has 1 aromatic heterocycles. The van der Waals surface area contributed by atoms with Gasteiger partial charge in [-0.1, -0.05) is 41.9 Å². The third-order valence-electron chi connectivity index (χ3n) is 3.50. The largest absolute Gasteiger partial charge is 0.461 e. The summed E-state index contributed by atoms with van der Waals surface area (Å²) in [6.07, 6.45) is 0. The van der Waals surface area contributed by atoms with Gasteiger partial charge in [-0.2, -0.15) is 0 Å². The third-order valence-corrected chi connectivity index (χ3v) is 3.74. The number of hydrogen-bond donors (Lipinski definition) is 1. The number of benzene rings is 2. The number of carbonyl (C=O) groups is 2. The predicted molar refractivity (Wildman–Crippen MR) is 89.1 cm³/mol. The number of ketones is 1. The average molecular weight is 328 g/mol. The van der Waals surface area contributed by atoms with Crippen molar-refractivity contribution in [3.8, 4) is 0 Å². The Labute approximate surface area is 138 Å². The molecule has 3 rings (SSSR count). The van der Waals surface area contributed by atoms with Crippen LogP contribution in [0.2, 0.25) is 5.02 Å². The van der Waals surface area contributed by atoms with Crippen LogP contribution in [0.25, 0.3) is 10.9 Å². The number of fused-ring (bicyclic) bond motifs is 1. The van der Waals surface area contributed by atoms with E-state index in [1.807, 2.05) is 6.07 Å². The zero-order valence-electron chi connectivity index (χ0n) is 12.4. The second kappa shape index (κ2) is 6.26. The number of H-pyrrole nitrogens is 1. The van der Waals surface area contributed by atoms with Gasteiger partial charge in [-0.05, 0) is 25.1 Å². The lowest BCUT2D eigenvalue weighted by molar-refractivity contribution is 0.0518. The molecule has 1 N–H and O–H groups in total. The molecule has 0 aliphatic rings. The minimum absolute atomic E-state index is 0.151. The molecule has 0 bridgehead atoms. The monoisotopic (exact) mass is 327 g/mol. The maximum atomic E-state index is 12.9. The SMILES string of the molecule is CCOC(=O)c1[nH]c2ccc(Cl)cc2c1C(=O)c1ccccc1. The molecule has 0 unspecified atom stereocenters. The van der Waals surface area contributed by atoms with E-state index in [-0.39, 0.29) is 23.6 Å². The van der Waals surface area contributed by atoms with Crippen LogP contribution in [0, 0.1) is 0 Å². The van der Waals surface area contributed by atoms with E-state index in [0.717, 1.165) is 0 Å². The Morgan fingerprint density at radius 1 is 1.13 bits per heavy atom. The Morgan fingerprint density at radius 3 is 2.57 bits per heavy atom. The number of aromatic amines is 1. The van der Waals surface area contributed by atoms with Crippen molar-refractivity contribution in [3.05, 3.63) is 70.4 Å². The van der Waals surface area contributed by atoms with Gasteiger partial charge in [0.15, 0.2) is 5.78 Å².